The van der Waals surface area contributed by atoms with E-state index in [0.29, 0.717) is 11.6 Å². The molecule has 2 aromatic carbocycles. The Bertz CT molecular complexity index is 1240. The van der Waals surface area contributed by atoms with E-state index in [0.717, 1.165) is 54.3 Å². The van der Waals surface area contributed by atoms with Gasteiger partial charge in [-0.15, -0.1) is 0 Å². The summed E-state index contributed by atoms with van der Waals surface area (Å²) in [6.07, 6.45) is 9.82. The Kier molecular flexibility index (Phi) is 7.33. The summed E-state index contributed by atoms with van der Waals surface area (Å²) < 4.78 is 0. The molecule has 2 aliphatic rings. The molecule has 3 aromatic rings. The van der Waals surface area contributed by atoms with Crippen LogP contribution >= 0.6 is 23.2 Å². The zero-order valence-electron chi connectivity index (χ0n) is 20.3. The van der Waals surface area contributed by atoms with E-state index < -0.39 is 0 Å². The van der Waals surface area contributed by atoms with Crippen LogP contribution in [0.1, 0.15) is 42.5 Å². The first-order chi connectivity index (χ1) is 17.4. The number of amides is 2. The van der Waals surface area contributed by atoms with Crippen LogP contribution in [0.5, 0.6) is 0 Å². The van der Waals surface area contributed by atoms with E-state index in [1.807, 2.05) is 60.4 Å². The Morgan fingerprint density at radius 3 is 2.47 bits per heavy atom. The first kappa shape index (κ1) is 24.8. The Hall–Kier alpha value is -2.86. The summed E-state index contributed by atoms with van der Waals surface area (Å²) in [4.78, 5) is 21.8. The lowest BCUT2D eigenvalue weighted by Crippen LogP contribution is -2.48. The summed E-state index contributed by atoms with van der Waals surface area (Å²) in [5.74, 6) is 0. The van der Waals surface area contributed by atoms with Gasteiger partial charge in [-0.2, -0.15) is 0 Å². The molecule has 36 heavy (non-hydrogen) atoms. The number of rotatable bonds is 5. The number of benzene rings is 2. The molecule has 1 N–H and O–H groups in total. The second kappa shape index (κ2) is 10.6. The van der Waals surface area contributed by atoms with Gasteiger partial charge in [0.25, 0.3) is 0 Å². The lowest BCUT2D eigenvalue weighted by Gasteiger charge is -2.39. The molecule has 5 nitrogen and oxygen atoms in total. The monoisotopic (exact) mass is 520 g/mol. The van der Waals surface area contributed by atoms with Crippen molar-refractivity contribution in [2.75, 3.05) is 31.1 Å². The number of fused-ring (bicyclic) bond motifs is 2. The molecule has 1 aromatic heterocycles. The standard InChI is InChI=1S/C29H30Cl2N4O/c1-21(23-10-14-32-15-11-23)33-28(36)35-20-29(26-19-25(31)8-9-27(26)35)12-17-34(18-13-29)16-2-3-22-4-6-24(30)7-5-22/h2-11,14-15,19,21H,12-13,16-18,20H2,1H3,(H,33,36)/b3-2+. The van der Waals surface area contributed by atoms with E-state index in [1.54, 1.807) is 12.4 Å². The number of carbonyl (C=O) groups excluding carboxylic acids is 1. The molecule has 5 rings (SSSR count). The Morgan fingerprint density at radius 2 is 1.75 bits per heavy atom. The molecule has 0 aliphatic carbocycles. The van der Waals surface area contributed by atoms with Crippen molar-refractivity contribution in [2.24, 2.45) is 0 Å². The van der Waals surface area contributed by atoms with Crippen molar-refractivity contribution in [1.29, 1.82) is 0 Å². The van der Waals surface area contributed by atoms with Crippen LogP contribution in [0.25, 0.3) is 6.08 Å². The van der Waals surface area contributed by atoms with Gasteiger partial charge in [-0.1, -0.05) is 47.5 Å². The SMILES string of the molecule is CC(NC(=O)N1CC2(CCN(C/C=C/c3ccc(Cl)cc3)CC2)c2cc(Cl)ccc21)c1ccncc1. The Balaban J connectivity index is 1.26. The summed E-state index contributed by atoms with van der Waals surface area (Å²) in [6, 6.07) is 17.5. The Labute approximate surface area is 222 Å². The number of hydrogen-bond donors (Lipinski definition) is 1. The second-order valence-electron chi connectivity index (χ2n) is 9.73. The molecule has 0 radical (unpaired) electrons. The van der Waals surface area contributed by atoms with E-state index in [2.05, 4.69) is 33.4 Å². The van der Waals surface area contributed by atoms with Gasteiger partial charge in [0.05, 0.1) is 6.04 Å². The fourth-order valence-electron chi connectivity index (χ4n) is 5.32. The maximum Gasteiger partial charge on any atom is 0.322 e. The summed E-state index contributed by atoms with van der Waals surface area (Å²) in [6.45, 7) is 5.51. The molecule has 0 bridgehead atoms. The van der Waals surface area contributed by atoms with E-state index in [9.17, 15) is 4.79 Å². The van der Waals surface area contributed by atoms with Crippen LogP contribution in [0, 0.1) is 0 Å². The van der Waals surface area contributed by atoms with Gasteiger partial charge >= 0.3 is 6.03 Å². The third-order valence-electron chi connectivity index (χ3n) is 7.43. The van der Waals surface area contributed by atoms with Gasteiger partial charge in [0.1, 0.15) is 0 Å². The molecule has 1 unspecified atom stereocenters. The highest BCUT2D eigenvalue weighted by Gasteiger charge is 2.46. The minimum atomic E-state index is -0.109. The lowest BCUT2D eigenvalue weighted by molar-refractivity contribution is 0.180. The van der Waals surface area contributed by atoms with Crippen molar-refractivity contribution in [3.8, 4) is 0 Å². The predicted molar refractivity (Wildman–Crippen MR) is 148 cm³/mol. The molecule has 7 heteroatoms. The molecule has 2 aliphatic heterocycles. The lowest BCUT2D eigenvalue weighted by atomic mass is 9.74. The summed E-state index contributed by atoms with van der Waals surface area (Å²) in [5.41, 5.74) is 4.26. The van der Waals surface area contributed by atoms with Crippen LogP contribution in [0.3, 0.4) is 0 Å². The van der Waals surface area contributed by atoms with Crippen molar-refractivity contribution in [1.82, 2.24) is 15.2 Å². The maximum absolute atomic E-state index is 13.4. The van der Waals surface area contributed by atoms with Crippen LogP contribution in [0.2, 0.25) is 10.0 Å². The summed E-state index contributed by atoms with van der Waals surface area (Å²) in [5, 5.41) is 4.64. The maximum atomic E-state index is 13.4. The summed E-state index contributed by atoms with van der Waals surface area (Å²) >= 11 is 12.4. The average Bonchev–Trinajstić information content (AvgIpc) is 3.20. The number of halogens is 2. The van der Waals surface area contributed by atoms with Gasteiger partial charge in [-0.25, -0.2) is 4.79 Å². The van der Waals surface area contributed by atoms with Gasteiger partial charge in [-0.05, 0) is 92.0 Å². The smallest absolute Gasteiger partial charge is 0.322 e. The minimum Gasteiger partial charge on any atom is -0.331 e. The van der Waals surface area contributed by atoms with Crippen LogP contribution in [-0.4, -0.2) is 42.1 Å². The van der Waals surface area contributed by atoms with Crippen LogP contribution in [0.4, 0.5) is 10.5 Å². The zero-order chi connectivity index (χ0) is 25.1. The van der Waals surface area contributed by atoms with Gasteiger partial charge in [0.15, 0.2) is 0 Å². The fraction of sp³-hybridized carbons (Fsp3) is 0.310. The van der Waals surface area contributed by atoms with Gasteiger partial charge in [0, 0.05) is 46.6 Å². The van der Waals surface area contributed by atoms with E-state index in [1.165, 1.54) is 5.56 Å². The van der Waals surface area contributed by atoms with Crippen LogP contribution in [-0.2, 0) is 5.41 Å². The first-order valence-corrected chi connectivity index (χ1v) is 13.1. The number of anilines is 1. The number of likely N-dealkylation sites (tertiary alicyclic amines) is 1. The van der Waals surface area contributed by atoms with E-state index in [-0.39, 0.29) is 17.5 Å². The largest absolute Gasteiger partial charge is 0.331 e. The molecule has 1 atom stereocenters. The van der Waals surface area contributed by atoms with Crippen LogP contribution < -0.4 is 10.2 Å². The number of pyridine rings is 1. The minimum absolute atomic E-state index is 0.0755. The number of hydrogen-bond acceptors (Lipinski definition) is 3. The normalized spacial score (nSPS) is 17.9. The van der Waals surface area contributed by atoms with E-state index in [4.69, 9.17) is 23.2 Å². The molecule has 186 valence electrons. The van der Waals surface area contributed by atoms with Gasteiger partial charge < -0.3 is 5.32 Å². The highest BCUT2D eigenvalue weighted by molar-refractivity contribution is 6.31. The third kappa shape index (κ3) is 5.29. The first-order valence-electron chi connectivity index (χ1n) is 12.4. The van der Waals surface area contributed by atoms with Gasteiger partial charge in [0.2, 0.25) is 0 Å². The molecular formula is C29H30Cl2N4O. The van der Waals surface area contributed by atoms with Crippen LogP contribution in [0.15, 0.2) is 73.1 Å². The topological polar surface area (TPSA) is 48.5 Å². The number of carbonyl (C=O) groups is 1. The summed E-state index contributed by atoms with van der Waals surface area (Å²) in [7, 11) is 0. The zero-order valence-corrected chi connectivity index (χ0v) is 21.8. The van der Waals surface area contributed by atoms with Crippen molar-refractivity contribution < 1.29 is 4.79 Å². The molecule has 1 saturated heterocycles. The van der Waals surface area contributed by atoms with Gasteiger partial charge in [-0.3, -0.25) is 14.8 Å². The van der Waals surface area contributed by atoms with E-state index >= 15 is 0 Å². The number of urea groups is 1. The molecule has 2 amide bonds. The average molecular weight is 521 g/mol. The van der Waals surface area contributed by atoms with Crippen molar-refractivity contribution in [2.45, 2.75) is 31.2 Å². The quantitative estimate of drug-likeness (QED) is 0.405. The van der Waals surface area contributed by atoms with Crippen molar-refractivity contribution >= 4 is 41.0 Å². The number of aromatic nitrogens is 1. The third-order valence-corrected chi connectivity index (χ3v) is 7.92. The molecule has 0 saturated carbocycles. The molecular weight excluding hydrogens is 491 g/mol. The second-order valence-corrected chi connectivity index (χ2v) is 10.6. The number of nitrogens with one attached hydrogen (secondary N) is 1. The highest BCUT2D eigenvalue weighted by Crippen LogP contribution is 2.48. The Morgan fingerprint density at radius 1 is 1.06 bits per heavy atom. The predicted octanol–water partition coefficient (Wildman–Crippen LogP) is 6.73. The fourth-order valence-corrected chi connectivity index (χ4v) is 5.62. The van der Waals surface area contributed by atoms with Crippen molar-refractivity contribution in [3.63, 3.8) is 0 Å². The number of nitrogens with zero attached hydrogens (tertiary/aromatic N) is 3. The number of piperidine rings is 1. The highest BCUT2D eigenvalue weighted by atomic mass is 35.5. The molecule has 1 spiro atoms. The molecule has 1 fully saturated rings. The van der Waals surface area contributed by atoms with Crippen molar-refractivity contribution in [3.05, 3.63) is 99.8 Å². The molecule has 3 heterocycles.